The molecule has 0 heterocycles. The molecule has 0 aromatic heterocycles. The number of nitrogens with one attached hydrogen (secondary N) is 2. The van der Waals surface area contributed by atoms with Crippen molar-refractivity contribution in [1.82, 2.24) is 5.32 Å². The quantitative estimate of drug-likeness (QED) is 0.542. The summed E-state index contributed by atoms with van der Waals surface area (Å²) in [7, 11) is 0. The first-order chi connectivity index (χ1) is 11.1. The first kappa shape index (κ1) is 17.3. The Morgan fingerprint density at radius 3 is 2.74 bits per heavy atom. The third-order valence-corrected chi connectivity index (χ3v) is 4.04. The van der Waals surface area contributed by atoms with Crippen molar-refractivity contribution < 1.29 is 14.3 Å². The van der Waals surface area contributed by atoms with Crippen molar-refractivity contribution in [3.05, 3.63) is 29.8 Å². The lowest BCUT2D eigenvalue weighted by atomic mass is 10.1. The van der Waals surface area contributed by atoms with Gasteiger partial charge in [-0.15, -0.1) is 0 Å². The molecule has 5 heteroatoms. The molecule has 1 aliphatic carbocycles. The molecule has 1 unspecified atom stereocenters. The summed E-state index contributed by atoms with van der Waals surface area (Å²) < 4.78 is 5.15. The molecule has 1 atom stereocenters. The highest BCUT2D eigenvalue weighted by Crippen LogP contribution is 2.32. The van der Waals surface area contributed by atoms with Crippen molar-refractivity contribution in [3.63, 3.8) is 0 Å². The number of carbonyl (C=O) groups is 2. The van der Waals surface area contributed by atoms with Crippen LogP contribution >= 0.6 is 0 Å². The number of benzene rings is 1. The topological polar surface area (TPSA) is 67.4 Å². The molecule has 0 radical (unpaired) electrons. The molecule has 2 N–H and O–H groups in total. The largest absolute Gasteiger partial charge is 0.452 e. The van der Waals surface area contributed by atoms with E-state index in [0.717, 1.165) is 37.9 Å². The van der Waals surface area contributed by atoms with E-state index in [4.69, 9.17) is 4.74 Å². The second-order valence-corrected chi connectivity index (χ2v) is 6.10. The maximum Gasteiger partial charge on any atom is 0.340 e. The lowest BCUT2D eigenvalue weighted by Crippen LogP contribution is -2.37. The van der Waals surface area contributed by atoms with E-state index in [1.165, 1.54) is 0 Å². The van der Waals surface area contributed by atoms with Crippen LogP contribution in [0.3, 0.4) is 0 Å². The van der Waals surface area contributed by atoms with Crippen LogP contribution in [0.5, 0.6) is 0 Å². The highest BCUT2D eigenvalue weighted by Gasteiger charge is 2.29. The van der Waals surface area contributed by atoms with E-state index in [2.05, 4.69) is 17.6 Å². The van der Waals surface area contributed by atoms with Gasteiger partial charge in [-0.25, -0.2) is 4.79 Å². The fourth-order valence-electron chi connectivity index (χ4n) is 2.43. The van der Waals surface area contributed by atoms with Crippen LogP contribution in [0.2, 0.25) is 0 Å². The van der Waals surface area contributed by atoms with Crippen LogP contribution in [-0.4, -0.2) is 31.1 Å². The molecular weight excluding hydrogens is 292 g/mol. The van der Waals surface area contributed by atoms with Gasteiger partial charge >= 0.3 is 5.97 Å². The molecule has 5 nitrogen and oxygen atoms in total. The molecule has 23 heavy (non-hydrogen) atoms. The summed E-state index contributed by atoms with van der Waals surface area (Å²) in [5.41, 5.74) is 1.21. The van der Waals surface area contributed by atoms with Gasteiger partial charge in [0.05, 0.1) is 5.56 Å². The van der Waals surface area contributed by atoms with Crippen LogP contribution in [0.4, 0.5) is 5.69 Å². The van der Waals surface area contributed by atoms with Crippen LogP contribution in [0.15, 0.2) is 24.3 Å². The Hall–Kier alpha value is -2.04. The number of rotatable bonds is 9. The molecule has 0 saturated heterocycles. The zero-order valence-corrected chi connectivity index (χ0v) is 13.9. The van der Waals surface area contributed by atoms with E-state index in [1.54, 1.807) is 12.1 Å². The summed E-state index contributed by atoms with van der Waals surface area (Å²) in [6, 6.07) is 7.37. The summed E-state index contributed by atoms with van der Waals surface area (Å²) in [5, 5.41) is 6.11. The summed E-state index contributed by atoms with van der Waals surface area (Å²) in [4.78, 5) is 24.0. The molecule has 1 aromatic rings. The Bertz CT molecular complexity index is 541. The van der Waals surface area contributed by atoms with E-state index in [0.29, 0.717) is 11.5 Å². The Labute approximate surface area is 137 Å². The number of ether oxygens (including phenoxy) is 1. The average Bonchev–Trinajstić information content (AvgIpc) is 3.38. The lowest BCUT2D eigenvalue weighted by molar-refractivity contribution is -0.124. The Morgan fingerprint density at radius 2 is 2.04 bits per heavy atom. The third kappa shape index (κ3) is 5.58. The van der Waals surface area contributed by atoms with Crippen LogP contribution < -0.4 is 10.6 Å². The van der Waals surface area contributed by atoms with Gasteiger partial charge in [0.15, 0.2) is 6.61 Å². The van der Waals surface area contributed by atoms with E-state index in [1.807, 2.05) is 19.1 Å². The second-order valence-electron chi connectivity index (χ2n) is 6.10. The molecule has 1 amide bonds. The zero-order chi connectivity index (χ0) is 16.7. The normalized spacial score (nSPS) is 14.9. The van der Waals surface area contributed by atoms with Crippen molar-refractivity contribution >= 4 is 17.6 Å². The van der Waals surface area contributed by atoms with Gasteiger partial charge in [0.1, 0.15) is 0 Å². The number of esters is 1. The molecule has 1 aliphatic rings. The zero-order valence-electron chi connectivity index (χ0n) is 13.9. The smallest absolute Gasteiger partial charge is 0.340 e. The Balaban J connectivity index is 1.83. The number of amides is 1. The molecular formula is C18H26N2O3. The minimum Gasteiger partial charge on any atom is -0.452 e. The van der Waals surface area contributed by atoms with Crippen molar-refractivity contribution in [2.75, 3.05) is 18.5 Å². The summed E-state index contributed by atoms with van der Waals surface area (Å²) in [6.45, 7) is 4.67. The van der Waals surface area contributed by atoms with Gasteiger partial charge in [-0.2, -0.15) is 0 Å². The number of hydrogen-bond acceptors (Lipinski definition) is 4. The van der Waals surface area contributed by atoms with Gasteiger partial charge in [-0.3, -0.25) is 4.79 Å². The Kier molecular flexibility index (Phi) is 6.44. The molecule has 0 bridgehead atoms. The summed E-state index contributed by atoms with van der Waals surface area (Å²) >= 11 is 0. The minimum atomic E-state index is -0.473. The summed E-state index contributed by atoms with van der Waals surface area (Å²) in [6.07, 6.45) is 4.44. The first-order valence-electron chi connectivity index (χ1n) is 8.41. The molecule has 1 aromatic carbocycles. The average molecular weight is 318 g/mol. The maximum atomic E-state index is 12.2. The lowest BCUT2D eigenvalue weighted by Gasteiger charge is -2.14. The van der Waals surface area contributed by atoms with E-state index >= 15 is 0 Å². The fourth-order valence-corrected chi connectivity index (χ4v) is 2.43. The van der Waals surface area contributed by atoms with Gasteiger partial charge in [0.2, 0.25) is 0 Å². The van der Waals surface area contributed by atoms with E-state index in [9.17, 15) is 9.59 Å². The molecule has 2 rings (SSSR count). The van der Waals surface area contributed by atoms with Gasteiger partial charge < -0.3 is 15.4 Å². The second kappa shape index (κ2) is 8.56. The molecule has 0 aliphatic heterocycles. The summed E-state index contributed by atoms with van der Waals surface area (Å²) in [5.74, 6) is -0.133. The molecule has 126 valence electrons. The predicted octanol–water partition coefficient (Wildman–Crippen LogP) is 2.97. The first-order valence-corrected chi connectivity index (χ1v) is 8.41. The van der Waals surface area contributed by atoms with Crippen LogP contribution in [0.1, 0.15) is 49.9 Å². The van der Waals surface area contributed by atoms with Crippen LogP contribution in [-0.2, 0) is 9.53 Å². The fraction of sp³-hybridized carbons (Fsp3) is 0.556. The van der Waals surface area contributed by atoms with E-state index in [-0.39, 0.29) is 18.6 Å². The Morgan fingerprint density at radius 1 is 1.30 bits per heavy atom. The van der Waals surface area contributed by atoms with Crippen LogP contribution in [0.25, 0.3) is 0 Å². The minimum absolute atomic E-state index is 0.157. The SMILES string of the molecule is CCCCNc1ccccc1C(=O)OCC(=O)NC(C)C1CC1. The monoisotopic (exact) mass is 318 g/mol. The van der Waals surface area contributed by atoms with Gasteiger partial charge in [0.25, 0.3) is 5.91 Å². The number of para-hydroxylation sites is 1. The van der Waals surface area contributed by atoms with Gasteiger partial charge in [0, 0.05) is 18.3 Å². The highest BCUT2D eigenvalue weighted by atomic mass is 16.5. The van der Waals surface area contributed by atoms with Crippen LogP contribution in [0, 0.1) is 5.92 Å². The number of unbranched alkanes of at least 4 members (excludes halogenated alkanes) is 1. The van der Waals surface area contributed by atoms with Gasteiger partial charge in [-0.05, 0) is 44.2 Å². The van der Waals surface area contributed by atoms with Crippen molar-refractivity contribution in [2.24, 2.45) is 5.92 Å². The number of hydrogen-bond donors (Lipinski definition) is 2. The molecule has 0 spiro atoms. The van der Waals surface area contributed by atoms with Crippen molar-refractivity contribution in [2.45, 2.75) is 45.6 Å². The van der Waals surface area contributed by atoms with E-state index < -0.39 is 5.97 Å². The predicted molar refractivity (Wildman–Crippen MR) is 90.5 cm³/mol. The third-order valence-electron chi connectivity index (χ3n) is 4.04. The van der Waals surface area contributed by atoms with Crippen molar-refractivity contribution in [1.29, 1.82) is 0 Å². The molecule has 1 fully saturated rings. The number of carbonyl (C=O) groups excluding carboxylic acids is 2. The molecule has 1 saturated carbocycles. The number of anilines is 1. The standard InChI is InChI=1S/C18H26N2O3/c1-3-4-11-19-16-8-6-5-7-15(16)18(22)23-12-17(21)20-13(2)14-9-10-14/h5-8,13-14,19H,3-4,9-12H2,1-2H3,(H,20,21). The van der Waals surface area contributed by atoms with Crippen molar-refractivity contribution in [3.8, 4) is 0 Å². The van der Waals surface area contributed by atoms with Gasteiger partial charge in [-0.1, -0.05) is 25.5 Å². The maximum absolute atomic E-state index is 12.2. The highest BCUT2D eigenvalue weighted by molar-refractivity contribution is 5.96.